The van der Waals surface area contributed by atoms with E-state index in [1.165, 1.54) is 0 Å². The summed E-state index contributed by atoms with van der Waals surface area (Å²) < 4.78 is 2.05. The van der Waals surface area contributed by atoms with Gasteiger partial charge < -0.3 is 5.11 Å². The van der Waals surface area contributed by atoms with E-state index < -0.39 is 0 Å². The quantitative estimate of drug-likeness (QED) is 0.904. The zero-order valence-corrected chi connectivity index (χ0v) is 13.4. The fourth-order valence-corrected chi connectivity index (χ4v) is 2.72. The molecule has 1 aromatic heterocycles. The van der Waals surface area contributed by atoms with Crippen LogP contribution in [-0.2, 0) is 13.0 Å². The Morgan fingerprint density at radius 1 is 1.44 bits per heavy atom. The molecule has 0 aromatic carbocycles. The normalized spacial score (nSPS) is 13.9. The van der Waals surface area contributed by atoms with Crippen molar-refractivity contribution in [3.05, 3.63) is 16.4 Å². The van der Waals surface area contributed by atoms with E-state index in [4.69, 9.17) is 11.6 Å². The first-order valence-corrected chi connectivity index (χ1v) is 7.64. The molecule has 0 amide bonds. The number of halogens is 1. The van der Waals surface area contributed by atoms with Crippen molar-refractivity contribution in [1.29, 1.82) is 0 Å². The van der Waals surface area contributed by atoms with Crippen LogP contribution in [0.2, 0.25) is 5.02 Å². The van der Waals surface area contributed by atoms with Crippen LogP contribution in [0.1, 0.15) is 39.1 Å². The number of thioether (sulfide) groups is 1. The maximum absolute atomic E-state index is 10.1. The molecule has 0 aliphatic rings. The predicted molar refractivity (Wildman–Crippen MR) is 79.6 cm³/mol. The van der Waals surface area contributed by atoms with Crippen LogP contribution in [0.5, 0.6) is 0 Å². The Kier molecular flexibility index (Phi) is 5.56. The average Bonchev–Trinajstić information content (AvgIpc) is 2.53. The van der Waals surface area contributed by atoms with E-state index in [-0.39, 0.29) is 10.9 Å². The Hall–Kier alpha value is -0.190. The van der Waals surface area contributed by atoms with Crippen molar-refractivity contribution < 1.29 is 5.11 Å². The zero-order chi connectivity index (χ0) is 13.9. The lowest BCUT2D eigenvalue weighted by atomic mass is 10.2. The lowest BCUT2D eigenvalue weighted by Gasteiger charge is -2.20. The Morgan fingerprint density at radius 3 is 2.56 bits per heavy atom. The molecule has 0 fully saturated rings. The Balaban J connectivity index is 2.67. The minimum Gasteiger partial charge on any atom is -0.392 e. The molecule has 104 valence electrons. The number of aliphatic hydroxyl groups excluding tert-OH is 1. The number of rotatable bonds is 5. The van der Waals surface area contributed by atoms with Crippen LogP contribution >= 0.6 is 23.4 Å². The van der Waals surface area contributed by atoms with Gasteiger partial charge in [-0.15, -0.1) is 0 Å². The standard InChI is InChI=1S/C13H23ClN2OS/c1-6-16-11(12(14)9(2)15-16)7-10(17)8-18-13(3,4)5/h10,17H,6-8H2,1-5H3. The SMILES string of the molecule is CCn1nc(C)c(Cl)c1CC(O)CSC(C)(C)C. The van der Waals surface area contributed by atoms with Gasteiger partial charge in [-0.3, -0.25) is 4.68 Å². The van der Waals surface area contributed by atoms with Gasteiger partial charge in [0.2, 0.25) is 0 Å². The molecule has 0 saturated heterocycles. The van der Waals surface area contributed by atoms with E-state index in [1.807, 2.05) is 18.5 Å². The highest BCUT2D eigenvalue weighted by Crippen LogP contribution is 2.26. The van der Waals surface area contributed by atoms with Crippen LogP contribution in [0.15, 0.2) is 0 Å². The molecule has 0 aliphatic heterocycles. The lowest BCUT2D eigenvalue weighted by molar-refractivity contribution is 0.196. The van der Waals surface area contributed by atoms with Crippen LogP contribution < -0.4 is 0 Å². The molecule has 1 heterocycles. The van der Waals surface area contributed by atoms with Crippen molar-refractivity contribution in [2.75, 3.05) is 5.75 Å². The van der Waals surface area contributed by atoms with Gasteiger partial charge in [0.05, 0.1) is 22.5 Å². The van der Waals surface area contributed by atoms with E-state index in [9.17, 15) is 5.11 Å². The summed E-state index contributed by atoms with van der Waals surface area (Å²) in [5, 5.41) is 15.1. The van der Waals surface area contributed by atoms with Crippen molar-refractivity contribution in [3.63, 3.8) is 0 Å². The predicted octanol–water partition coefficient (Wildman–Crippen LogP) is 3.30. The zero-order valence-electron chi connectivity index (χ0n) is 11.8. The monoisotopic (exact) mass is 290 g/mol. The van der Waals surface area contributed by atoms with Gasteiger partial charge in [-0.1, -0.05) is 32.4 Å². The summed E-state index contributed by atoms with van der Waals surface area (Å²) >= 11 is 7.99. The Morgan fingerprint density at radius 2 is 2.06 bits per heavy atom. The van der Waals surface area contributed by atoms with Crippen molar-refractivity contribution in [1.82, 2.24) is 9.78 Å². The van der Waals surface area contributed by atoms with Gasteiger partial charge >= 0.3 is 0 Å². The van der Waals surface area contributed by atoms with Crippen molar-refractivity contribution in [2.45, 2.75) is 58.4 Å². The molecule has 5 heteroatoms. The second-order valence-electron chi connectivity index (χ2n) is 5.44. The molecule has 1 aromatic rings. The van der Waals surface area contributed by atoms with Crippen LogP contribution in [0, 0.1) is 6.92 Å². The highest BCUT2D eigenvalue weighted by molar-refractivity contribution is 8.00. The Bertz CT molecular complexity index is 398. The van der Waals surface area contributed by atoms with Gasteiger partial charge in [0.1, 0.15) is 0 Å². The molecule has 18 heavy (non-hydrogen) atoms. The van der Waals surface area contributed by atoms with E-state index >= 15 is 0 Å². The third-order valence-corrected chi connectivity index (χ3v) is 4.50. The molecule has 1 atom stereocenters. The van der Waals surface area contributed by atoms with Crippen LogP contribution in [0.4, 0.5) is 0 Å². The van der Waals surface area contributed by atoms with Crippen LogP contribution in [-0.4, -0.2) is 31.5 Å². The highest BCUT2D eigenvalue weighted by Gasteiger charge is 2.19. The molecule has 1 N–H and O–H groups in total. The van der Waals surface area contributed by atoms with Gasteiger partial charge in [-0.2, -0.15) is 16.9 Å². The van der Waals surface area contributed by atoms with E-state index in [1.54, 1.807) is 11.8 Å². The van der Waals surface area contributed by atoms with Crippen LogP contribution in [0.3, 0.4) is 0 Å². The summed E-state index contributed by atoms with van der Waals surface area (Å²) in [6.07, 6.45) is 0.185. The van der Waals surface area contributed by atoms with Gasteiger partial charge in [0.15, 0.2) is 0 Å². The van der Waals surface area contributed by atoms with Gasteiger partial charge in [0, 0.05) is 23.5 Å². The summed E-state index contributed by atoms with van der Waals surface area (Å²) in [5.41, 5.74) is 1.78. The van der Waals surface area contributed by atoms with Crippen molar-refractivity contribution in [2.24, 2.45) is 0 Å². The molecule has 0 radical (unpaired) electrons. The number of hydrogen-bond acceptors (Lipinski definition) is 3. The molecular formula is C13H23ClN2OS. The van der Waals surface area contributed by atoms with E-state index in [2.05, 4.69) is 25.9 Å². The minimum absolute atomic E-state index is 0.172. The fourth-order valence-electron chi connectivity index (χ4n) is 1.69. The minimum atomic E-state index is -0.381. The summed E-state index contributed by atoms with van der Waals surface area (Å²) in [5.74, 6) is 0.716. The molecule has 0 bridgehead atoms. The lowest BCUT2D eigenvalue weighted by Crippen LogP contribution is -2.20. The van der Waals surface area contributed by atoms with E-state index in [0.29, 0.717) is 17.2 Å². The smallest absolute Gasteiger partial charge is 0.0848 e. The van der Waals surface area contributed by atoms with Gasteiger partial charge in [-0.05, 0) is 13.8 Å². The number of aromatic nitrogens is 2. The number of aliphatic hydroxyl groups is 1. The largest absolute Gasteiger partial charge is 0.392 e. The summed E-state index contributed by atoms with van der Waals surface area (Å²) in [6.45, 7) is 11.2. The second kappa shape index (κ2) is 6.31. The maximum Gasteiger partial charge on any atom is 0.0848 e. The third kappa shape index (κ3) is 4.48. The van der Waals surface area contributed by atoms with Crippen LogP contribution in [0.25, 0.3) is 0 Å². The van der Waals surface area contributed by atoms with Crippen molar-refractivity contribution >= 4 is 23.4 Å². The third-order valence-electron chi connectivity index (χ3n) is 2.59. The maximum atomic E-state index is 10.1. The molecule has 0 aliphatic carbocycles. The second-order valence-corrected chi connectivity index (χ2v) is 7.67. The molecule has 1 rings (SSSR count). The van der Waals surface area contributed by atoms with Gasteiger partial charge in [-0.25, -0.2) is 0 Å². The first-order valence-electron chi connectivity index (χ1n) is 6.28. The number of aryl methyl sites for hydroxylation is 2. The summed E-state index contributed by atoms with van der Waals surface area (Å²) in [7, 11) is 0. The molecule has 3 nitrogen and oxygen atoms in total. The first kappa shape index (κ1) is 15.9. The number of hydrogen-bond donors (Lipinski definition) is 1. The van der Waals surface area contributed by atoms with Gasteiger partial charge in [0.25, 0.3) is 0 Å². The molecule has 1 unspecified atom stereocenters. The molecule has 0 saturated carbocycles. The van der Waals surface area contributed by atoms with E-state index in [0.717, 1.165) is 17.9 Å². The Labute approximate surface area is 119 Å². The molecule has 0 spiro atoms. The summed E-state index contributed by atoms with van der Waals surface area (Å²) in [6, 6.07) is 0. The first-order chi connectivity index (χ1) is 8.24. The number of nitrogens with zero attached hydrogens (tertiary/aromatic N) is 2. The molecular weight excluding hydrogens is 268 g/mol. The average molecular weight is 291 g/mol. The highest BCUT2D eigenvalue weighted by atomic mass is 35.5. The topological polar surface area (TPSA) is 38.0 Å². The van der Waals surface area contributed by atoms with Crippen molar-refractivity contribution in [3.8, 4) is 0 Å². The fraction of sp³-hybridized carbons (Fsp3) is 0.769. The summed E-state index contributed by atoms with van der Waals surface area (Å²) in [4.78, 5) is 0.